The molecule has 6 rings (SSSR count). The lowest BCUT2D eigenvalue weighted by Crippen LogP contribution is -2.46. The number of benzene rings is 1. The summed E-state index contributed by atoms with van der Waals surface area (Å²) in [6.45, 7) is 10.4. The van der Waals surface area contributed by atoms with E-state index in [1.807, 2.05) is 24.4 Å². The van der Waals surface area contributed by atoms with Gasteiger partial charge in [0.15, 0.2) is 5.65 Å². The number of anilines is 3. The van der Waals surface area contributed by atoms with Gasteiger partial charge in [-0.05, 0) is 114 Å². The summed E-state index contributed by atoms with van der Waals surface area (Å²) in [7, 11) is 2.25. The van der Waals surface area contributed by atoms with Crippen molar-refractivity contribution >= 4 is 28.4 Å². The van der Waals surface area contributed by atoms with Crippen molar-refractivity contribution in [1.29, 1.82) is 0 Å². The first-order valence-corrected chi connectivity index (χ1v) is 14.6. The maximum Gasteiger partial charge on any atom is 0.229 e. The zero-order valence-electron chi connectivity index (χ0n) is 24.2. The van der Waals surface area contributed by atoms with Crippen molar-refractivity contribution in [2.45, 2.75) is 58.5 Å². The zero-order valence-corrected chi connectivity index (χ0v) is 24.2. The van der Waals surface area contributed by atoms with Gasteiger partial charge in [-0.3, -0.25) is 4.57 Å². The molecule has 8 nitrogen and oxygen atoms in total. The monoisotopic (exact) mass is 539 g/mol. The van der Waals surface area contributed by atoms with Crippen LogP contribution in [0.3, 0.4) is 0 Å². The van der Waals surface area contributed by atoms with Crippen LogP contribution in [0.25, 0.3) is 16.9 Å². The highest BCUT2D eigenvalue weighted by atomic mass is 16.3. The molecule has 0 amide bonds. The predicted molar refractivity (Wildman–Crippen MR) is 162 cm³/mol. The van der Waals surface area contributed by atoms with Crippen LogP contribution in [-0.2, 0) is 12.0 Å². The third-order valence-electron chi connectivity index (χ3n) is 8.93. The molecule has 5 heterocycles. The van der Waals surface area contributed by atoms with Crippen molar-refractivity contribution in [2.75, 3.05) is 43.4 Å². The van der Waals surface area contributed by atoms with E-state index in [0.717, 1.165) is 47.7 Å². The maximum absolute atomic E-state index is 10.5. The molecule has 2 saturated heterocycles. The molecule has 8 heteroatoms. The number of nitrogens with zero attached hydrogens (tertiary/aromatic N) is 6. The van der Waals surface area contributed by atoms with Crippen molar-refractivity contribution in [3.05, 3.63) is 66.1 Å². The lowest BCUT2D eigenvalue weighted by Gasteiger charge is -2.46. The molecule has 40 heavy (non-hydrogen) atoms. The molecule has 4 aromatic rings. The number of fused-ring (bicyclic) bond motifs is 1. The highest BCUT2D eigenvalue weighted by molar-refractivity contribution is 5.80. The molecular formula is C32H41N7O. The smallest absolute Gasteiger partial charge is 0.229 e. The summed E-state index contributed by atoms with van der Waals surface area (Å²) in [5.74, 6) is 1.28. The Kier molecular flexibility index (Phi) is 7.00. The molecule has 0 atom stereocenters. The predicted octanol–water partition coefficient (Wildman–Crippen LogP) is 5.66. The second-order valence-corrected chi connectivity index (χ2v) is 12.2. The van der Waals surface area contributed by atoms with E-state index in [0.29, 0.717) is 17.1 Å². The summed E-state index contributed by atoms with van der Waals surface area (Å²) in [5, 5.41) is 14.9. The topological polar surface area (TPSA) is 82.3 Å². The van der Waals surface area contributed by atoms with Gasteiger partial charge in [0.05, 0.1) is 5.69 Å². The molecule has 2 aliphatic heterocycles. The van der Waals surface area contributed by atoms with Crippen LogP contribution in [0.1, 0.15) is 57.8 Å². The Bertz CT molecular complexity index is 1470. The fraction of sp³-hybridized carbons (Fsp3) is 0.469. The molecule has 0 unspecified atom stereocenters. The Labute approximate surface area is 237 Å². The molecule has 1 aromatic carbocycles. The van der Waals surface area contributed by atoms with E-state index in [1.165, 1.54) is 44.5 Å². The van der Waals surface area contributed by atoms with E-state index in [2.05, 4.69) is 69.0 Å². The first-order valence-electron chi connectivity index (χ1n) is 14.6. The van der Waals surface area contributed by atoms with Gasteiger partial charge < -0.3 is 20.2 Å². The summed E-state index contributed by atoms with van der Waals surface area (Å²) in [6, 6.07) is 16.5. The summed E-state index contributed by atoms with van der Waals surface area (Å²) in [5.41, 5.74) is 4.28. The number of aliphatic hydroxyl groups is 1. The number of pyridine rings is 1. The Morgan fingerprint density at radius 1 is 0.950 bits per heavy atom. The third-order valence-corrected chi connectivity index (χ3v) is 8.93. The minimum Gasteiger partial charge on any atom is -0.384 e. The van der Waals surface area contributed by atoms with Gasteiger partial charge in [0.2, 0.25) is 5.95 Å². The number of hydrogen-bond acceptors (Lipinski definition) is 7. The lowest BCUT2D eigenvalue weighted by molar-refractivity contribution is 0.0738. The molecule has 2 aliphatic rings. The number of likely N-dealkylation sites (tertiary alicyclic amines) is 1. The molecule has 0 radical (unpaired) electrons. The largest absolute Gasteiger partial charge is 0.384 e. The van der Waals surface area contributed by atoms with Crippen molar-refractivity contribution in [1.82, 2.24) is 24.4 Å². The summed E-state index contributed by atoms with van der Waals surface area (Å²) < 4.78 is 2.06. The van der Waals surface area contributed by atoms with Crippen molar-refractivity contribution in [3.8, 4) is 5.82 Å². The fourth-order valence-corrected chi connectivity index (χ4v) is 6.22. The van der Waals surface area contributed by atoms with E-state index in [9.17, 15) is 5.11 Å². The quantitative estimate of drug-likeness (QED) is 0.327. The minimum absolute atomic E-state index is 0.545. The highest BCUT2D eigenvalue weighted by Crippen LogP contribution is 2.42. The van der Waals surface area contributed by atoms with E-state index in [1.54, 1.807) is 13.8 Å². The standard InChI is InChI=1S/C32H41N7O/c1-5-25-21-23-22-33-30(36-29(23)39(25)28-8-6-7-27(35-28)31(2,3)40)34-24-9-11-26(12-10-24)38-19-15-32(16-20-38)13-17-37(4)18-14-32/h6-12,21-22,40H,5,13-20H2,1-4H3,(H,33,34,36). The van der Waals surface area contributed by atoms with Gasteiger partial charge in [0.25, 0.3) is 0 Å². The average molecular weight is 540 g/mol. The van der Waals surface area contributed by atoms with Crippen molar-refractivity contribution in [3.63, 3.8) is 0 Å². The second kappa shape index (κ2) is 10.5. The molecule has 0 saturated carbocycles. The Morgan fingerprint density at radius 2 is 1.65 bits per heavy atom. The summed E-state index contributed by atoms with van der Waals surface area (Å²) in [6.07, 6.45) is 7.96. The summed E-state index contributed by atoms with van der Waals surface area (Å²) in [4.78, 5) is 19.3. The van der Waals surface area contributed by atoms with Gasteiger partial charge in [-0.2, -0.15) is 4.98 Å². The van der Waals surface area contributed by atoms with Crippen LogP contribution in [-0.4, -0.2) is 62.8 Å². The van der Waals surface area contributed by atoms with Gasteiger partial charge in [-0.25, -0.2) is 9.97 Å². The van der Waals surface area contributed by atoms with E-state index in [-0.39, 0.29) is 0 Å². The molecule has 210 valence electrons. The Hall–Kier alpha value is -3.49. The lowest BCUT2D eigenvalue weighted by atomic mass is 9.71. The van der Waals surface area contributed by atoms with Crippen LogP contribution in [0.15, 0.2) is 54.7 Å². The van der Waals surface area contributed by atoms with Crippen LogP contribution >= 0.6 is 0 Å². The average Bonchev–Trinajstić information content (AvgIpc) is 3.33. The van der Waals surface area contributed by atoms with Gasteiger partial charge in [0.1, 0.15) is 11.4 Å². The number of nitrogens with one attached hydrogen (secondary N) is 1. The second-order valence-electron chi connectivity index (χ2n) is 12.2. The molecular weight excluding hydrogens is 498 g/mol. The van der Waals surface area contributed by atoms with Gasteiger partial charge >= 0.3 is 0 Å². The first-order chi connectivity index (χ1) is 19.2. The van der Waals surface area contributed by atoms with Gasteiger partial charge in [0, 0.05) is 41.7 Å². The van der Waals surface area contributed by atoms with Gasteiger partial charge in [-0.15, -0.1) is 0 Å². The fourth-order valence-electron chi connectivity index (χ4n) is 6.22. The van der Waals surface area contributed by atoms with E-state index < -0.39 is 5.60 Å². The number of rotatable bonds is 6. The van der Waals surface area contributed by atoms with E-state index in [4.69, 9.17) is 9.97 Å². The molecule has 1 spiro atoms. The SMILES string of the molecule is CCc1cc2cnc(Nc3ccc(N4CCC5(CCN(C)CC5)CC4)cc3)nc2n1-c1cccc(C(C)(C)O)n1. The van der Waals surface area contributed by atoms with E-state index >= 15 is 0 Å². The van der Waals surface area contributed by atoms with Crippen LogP contribution < -0.4 is 10.2 Å². The molecule has 2 fully saturated rings. The van der Waals surface area contributed by atoms with Crippen LogP contribution in [0.4, 0.5) is 17.3 Å². The summed E-state index contributed by atoms with van der Waals surface area (Å²) >= 11 is 0. The normalized spacial score (nSPS) is 18.0. The number of aromatic nitrogens is 4. The van der Waals surface area contributed by atoms with Crippen LogP contribution in [0.5, 0.6) is 0 Å². The maximum atomic E-state index is 10.5. The first kappa shape index (κ1) is 26.7. The van der Waals surface area contributed by atoms with Crippen molar-refractivity contribution < 1.29 is 5.11 Å². The molecule has 2 N–H and O–H groups in total. The van der Waals surface area contributed by atoms with Crippen molar-refractivity contribution in [2.24, 2.45) is 5.41 Å². The zero-order chi connectivity index (χ0) is 27.9. The number of piperidine rings is 2. The van der Waals surface area contributed by atoms with Gasteiger partial charge in [-0.1, -0.05) is 13.0 Å². The number of aryl methyl sites for hydroxylation is 1. The number of hydrogen-bond donors (Lipinski definition) is 2. The minimum atomic E-state index is -1.03. The van der Waals surface area contributed by atoms with Crippen LogP contribution in [0.2, 0.25) is 0 Å². The molecule has 0 aliphatic carbocycles. The molecule has 3 aromatic heterocycles. The van der Waals surface area contributed by atoms with Crippen LogP contribution in [0, 0.1) is 5.41 Å². The third kappa shape index (κ3) is 5.30. The molecule has 0 bridgehead atoms. The highest BCUT2D eigenvalue weighted by Gasteiger charge is 2.36. The Morgan fingerprint density at radius 3 is 2.33 bits per heavy atom. The Balaban J connectivity index is 1.19.